The van der Waals surface area contributed by atoms with Gasteiger partial charge in [-0.15, -0.1) is 5.10 Å². The van der Waals surface area contributed by atoms with Gasteiger partial charge in [0.15, 0.2) is 11.6 Å². The van der Waals surface area contributed by atoms with Gasteiger partial charge in [-0.1, -0.05) is 18.2 Å². The Morgan fingerprint density at radius 3 is 2.56 bits per heavy atom. The van der Waals surface area contributed by atoms with E-state index < -0.39 is 27.3 Å². The molecule has 4 heterocycles. The number of Topliss-reactive ketones (excluding diaryl/α,β-unsaturated/α-hetero) is 1. The van der Waals surface area contributed by atoms with Crippen molar-refractivity contribution in [1.29, 1.82) is 0 Å². The third-order valence-electron chi connectivity index (χ3n) is 6.41. The van der Waals surface area contributed by atoms with Crippen LogP contribution in [0.4, 0.5) is 16.2 Å². The number of benzene rings is 1. The lowest BCUT2D eigenvalue weighted by atomic mass is 10.1. The molecule has 0 bridgehead atoms. The Bertz CT molecular complexity index is 1780. The number of carbonyl (C=O) groups is 2. The average molecular weight is 581 g/mol. The molecule has 0 aliphatic carbocycles. The summed E-state index contributed by atoms with van der Waals surface area (Å²) in [6.45, 7) is 4.07. The molecule has 3 aromatic heterocycles. The number of aromatic nitrogens is 5. The SMILES string of the molecule is C=N/C=C\N(N)c1ncc(F)c2c(C(=O)C(=O)N3CCN(c4nc(S(C)(=O)=O)nn4-c4ccccc4)CC3)c[nH]c12. The Balaban J connectivity index is 1.36. The van der Waals surface area contributed by atoms with Crippen LogP contribution in [0.5, 0.6) is 0 Å². The molecule has 0 unspecified atom stereocenters. The zero-order valence-electron chi connectivity index (χ0n) is 21.8. The molecule has 0 spiro atoms. The summed E-state index contributed by atoms with van der Waals surface area (Å²) in [7, 11) is -3.69. The van der Waals surface area contributed by atoms with Gasteiger partial charge >= 0.3 is 0 Å². The third-order valence-corrected chi connectivity index (χ3v) is 7.25. The topological polar surface area (TPSA) is 176 Å². The van der Waals surface area contributed by atoms with Crippen LogP contribution < -0.4 is 15.8 Å². The van der Waals surface area contributed by atoms with Crippen molar-refractivity contribution >= 4 is 50.9 Å². The molecule has 1 aliphatic rings. The smallest absolute Gasteiger partial charge is 0.295 e. The number of nitrogens with zero attached hydrogens (tertiary/aromatic N) is 8. The van der Waals surface area contributed by atoms with Crippen molar-refractivity contribution in [3.05, 3.63) is 66.5 Å². The normalized spacial score (nSPS) is 14.1. The second kappa shape index (κ2) is 10.9. The number of aromatic amines is 1. The summed E-state index contributed by atoms with van der Waals surface area (Å²) >= 11 is 0. The minimum absolute atomic E-state index is 0.109. The zero-order chi connectivity index (χ0) is 29.3. The van der Waals surface area contributed by atoms with E-state index >= 15 is 0 Å². The Morgan fingerprint density at radius 2 is 1.90 bits per heavy atom. The Hall–Kier alpha value is -4.96. The number of hydrazine groups is 1. The van der Waals surface area contributed by atoms with Gasteiger partial charge in [-0.3, -0.25) is 19.6 Å². The molecule has 3 N–H and O–H groups in total. The minimum atomic E-state index is -3.69. The van der Waals surface area contributed by atoms with E-state index in [1.807, 2.05) is 6.07 Å². The first-order valence-corrected chi connectivity index (χ1v) is 14.1. The highest BCUT2D eigenvalue weighted by Crippen LogP contribution is 2.29. The number of piperazine rings is 1. The fourth-order valence-electron chi connectivity index (χ4n) is 4.42. The van der Waals surface area contributed by atoms with Gasteiger partial charge in [0.2, 0.25) is 15.8 Å². The Morgan fingerprint density at radius 1 is 1.20 bits per heavy atom. The molecule has 1 fully saturated rings. The highest BCUT2D eigenvalue weighted by atomic mass is 32.2. The van der Waals surface area contributed by atoms with Crippen molar-refractivity contribution in [3.8, 4) is 5.69 Å². The number of rotatable bonds is 8. The molecule has 4 aromatic rings. The van der Waals surface area contributed by atoms with Gasteiger partial charge in [-0.05, 0) is 18.9 Å². The molecular weight excluding hydrogens is 555 g/mol. The molecule has 0 atom stereocenters. The number of anilines is 2. The average Bonchev–Trinajstić information content (AvgIpc) is 3.62. The monoisotopic (exact) mass is 580 g/mol. The number of para-hydroxylation sites is 1. The maximum atomic E-state index is 14.8. The van der Waals surface area contributed by atoms with Crippen LogP contribution in [0.2, 0.25) is 0 Å². The number of fused-ring (bicyclic) bond motifs is 1. The second-order valence-electron chi connectivity index (χ2n) is 9.09. The summed E-state index contributed by atoms with van der Waals surface area (Å²) in [6, 6.07) is 8.92. The van der Waals surface area contributed by atoms with Gasteiger partial charge in [-0.2, -0.15) is 9.67 Å². The fraction of sp³-hybridized carbons (Fsp3) is 0.200. The van der Waals surface area contributed by atoms with Gasteiger partial charge in [0, 0.05) is 51.0 Å². The van der Waals surface area contributed by atoms with Crippen LogP contribution in [-0.2, 0) is 14.6 Å². The minimum Gasteiger partial charge on any atom is -0.357 e. The molecule has 16 heteroatoms. The van der Waals surface area contributed by atoms with Crippen LogP contribution in [0.25, 0.3) is 16.6 Å². The summed E-state index contributed by atoms with van der Waals surface area (Å²) in [4.78, 5) is 44.2. The van der Waals surface area contributed by atoms with Crippen LogP contribution in [0.15, 0.2) is 65.3 Å². The maximum Gasteiger partial charge on any atom is 0.295 e. The van der Waals surface area contributed by atoms with E-state index in [4.69, 9.17) is 5.84 Å². The van der Waals surface area contributed by atoms with E-state index in [2.05, 4.69) is 31.8 Å². The summed E-state index contributed by atoms with van der Waals surface area (Å²) in [6.07, 6.45) is 5.83. The molecule has 212 valence electrons. The number of hydrogen-bond donors (Lipinski definition) is 2. The van der Waals surface area contributed by atoms with Crippen molar-refractivity contribution in [2.45, 2.75) is 5.16 Å². The molecule has 14 nitrogen and oxygen atoms in total. The number of sulfone groups is 1. The quantitative estimate of drug-likeness (QED) is 0.101. The van der Waals surface area contributed by atoms with E-state index in [0.717, 1.165) is 17.5 Å². The molecular formula is C25H25FN10O4S. The number of H-pyrrole nitrogens is 1. The first kappa shape index (κ1) is 27.6. The van der Waals surface area contributed by atoms with E-state index in [1.54, 1.807) is 29.2 Å². The van der Waals surface area contributed by atoms with Crippen LogP contribution in [-0.4, -0.2) is 88.9 Å². The summed E-state index contributed by atoms with van der Waals surface area (Å²) in [5.74, 6) is 3.82. The number of ketones is 1. The third kappa shape index (κ3) is 5.29. The molecule has 5 rings (SSSR count). The highest BCUT2D eigenvalue weighted by Gasteiger charge is 2.32. The van der Waals surface area contributed by atoms with E-state index in [1.165, 1.54) is 28.2 Å². The summed E-state index contributed by atoms with van der Waals surface area (Å²) in [5, 5.41) is 4.82. The van der Waals surface area contributed by atoms with Crippen molar-refractivity contribution in [2.75, 3.05) is 42.3 Å². The van der Waals surface area contributed by atoms with Gasteiger partial charge in [0.05, 0.1) is 28.4 Å². The second-order valence-corrected chi connectivity index (χ2v) is 11.0. The molecule has 0 radical (unpaired) electrons. The van der Waals surface area contributed by atoms with Gasteiger partial charge < -0.3 is 14.8 Å². The molecule has 1 aromatic carbocycles. The lowest BCUT2D eigenvalue weighted by molar-refractivity contribution is -0.126. The molecule has 1 aliphatic heterocycles. The Labute approximate surface area is 233 Å². The predicted molar refractivity (Wildman–Crippen MR) is 149 cm³/mol. The molecule has 0 saturated carbocycles. The van der Waals surface area contributed by atoms with Crippen LogP contribution >= 0.6 is 0 Å². The van der Waals surface area contributed by atoms with E-state index in [-0.39, 0.29) is 53.6 Å². The lowest BCUT2D eigenvalue weighted by Gasteiger charge is -2.34. The van der Waals surface area contributed by atoms with Crippen LogP contribution in [0.3, 0.4) is 0 Å². The van der Waals surface area contributed by atoms with Crippen LogP contribution in [0.1, 0.15) is 10.4 Å². The van der Waals surface area contributed by atoms with Gasteiger partial charge in [0.1, 0.15) is 0 Å². The number of amides is 1. The van der Waals surface area contributed by atoms with Gasteiger partial charge in [-0.25, -0.2) is 23.6 Å². The maximum absolute atomic E-state index is 14.8. The van der Waals surface area contributed by atoms with E-state index in [9.17, 15) is 22.4 Å². The zero-order valence-corrected chi connectivity index (χ0v) is 22.6. The first-order chi connectivity index (χ1) is 19.6. The standard InChI is InChI=1S/C25H25FN10O4S/c1-28-8-9-35(27)22-20-19(18(26)15-30-22)17(14-29-20)21(37)23(38)33-10-12-34(13-11-33)25-31-24(41(2,39)40)32-36(25)16-6-4-3-5-7-16/h3-9,14-15,29H,1,10-13,27H2,2H3/b9-8-. The molecule has 1 amide bonds. The number of hydrogen-bond acceptors (Lipinski definition) is 11. The van der Waals surface area contributed by atoms with Crippen molar-refractivity contribution in [1.82, 2.24) is 29.6 Å². The number of nitrogens with two attached hydrogens (primary N) is 1. The van der Waals surface area contributed by atoms with E-state index in [0.29, 0.717) is 11.6 Å². The summed E-state index contributed by atoms with van der Waals surface area (Å²) < 4.78 is 40.6. The number of pyridine rings is 1. The fourth-order valence-corrected chi connectivity index (χ4v) is 4.89. The number of carbonyl (C=O) groups excluding carboxylic acids is 2. The first-order valence-electron chi connectivity index (χ1n) is 12.2. The van der Waals surface area contributed by atoms with Gasteiger partial charge in [0.25, 0.3) is 16.8 Å². The molecule has 41 heavy (non-hydrogen) atoms. The van der Waals surface area contributed by atoms with Crippen molar-refractivity contribution < 1.29 is 22.4 Å². The van der Waals surface area contributed by atoms with Crippen LogP contribution in [0, 0.1) is 5.82 Å². The summed E-state index contributed by atoms with van der Waals surface area (Å²) in [5.41, 5.74) is 0.583. The number of aliphatic imine (C=N–C) groups is 1. The highest BCUT2D eigenvalue weighted by molar-refractivity contribution is 7.90. The van der Waals surface area contributed by atoms with Crippen molar-refractivity contribution in [2.24, 2.45) is 10.8 Å². The molecule has 1 saturated heterocycles. The number of nitrogens with one attached hydrogen (secondary N) is 1. The predicted octanol–water partition coefficient (Wildman–Crippen LogP) is 1.07. The Kier molecular flexibility index (Phi) is 7.34. The largest absolute Gasteiger partial charge is 0.357 e. The number of halogens is 1. The lowest BCUT2D eigenvalue weighted by Crippen LogP contribution is -2.51. The van der Waals surface area contributed by atoms with Crippen molar-refractivity contribution in [3.63, 3.8) is 0 Å².